The van der Waals surface area contributed by atoms with Crippen LogP contribution in [0, 0.1) is 5.92 Å². The van der Waals surface area contributed by atoms with E-state index in [-0.39, 0.29) is 23.5 Å². The molecule has 0 aromatic heterocycles. The van der Waals surface area contributed by atoms with Crippen molar-refractivity contribution in [3.05, 3.63) is 33.8 Å². The first-order valence-electron chi connectivity index (χ1n) is 5.51. The van der Waals surface area contributed by atoms with Crippen molar-refractivity contribution >= 4 is 21.8 Å². The Balaban J connectivity index is 2.97. The van der Waals surface area contributed by atoms with Gasteiger partial charge in [-0.3, -0.25) is 4.79 Å². The molecule has 19 heavy (non-hydrogen) atoms. The van der Waals surface area contributed by atoms with Crippen LogP contribution < -0.4 is 5.32 Å². The second kappa shape index (κ2) is 6.38. The highest BCUT2D eigenvalue weighted by Gasteiger charge is 2.35. The minimum atomic E-state index is -4.60. The van der Waals surface area contributed by atoms with E-state index in [4.69, 9.17) is 5.11 Å². The molecule has 1 aromatic carbocycles. The Hall–Kier alpha value is -1.08. The zero-order chi connectivity index (χ0) is 14.6. The minimum Gasteiger partial charge on any atom is -0.396 e. The first kappa shape index (κ1) is 16.0. The van der Waals surface area contributed by atoms with Gasteiger partial charge in [0, 0.05) is 17.6 Å². The lowest BCUT2D eigenvalue weighted by Gasteiger charge is -2.14. The number of amides is 1. The fraction of sp³-hybridized carbons (Fsp3) is 0.417. The zero-order valence-corrected chi connectivity index (χ0v) is 11.7. The van der Waals surface area contributed by atoms with E-state index in [1.807, 2.05) is 0 Å². The highest BCUT2D eigenvalue weighted by atomic mass is 79.9. The number of hydrogen-bond acceptors (Lipinski definition) is 2. The molecule has 1 rings (SSSR count). The molecule has 0 bridgehead atoms. The predicted molar refractivity (Wildman–Crippen MR) is 67.7 cm³/mol. The van der Waals surface area contributed by atoms with Crippen molar-refractivity contribution in [2.24, 2.45) is 5.92 Å². The maximum absolute atomic E-state index is 12.8. The highest BCUT2D eigenvalue weighted by Crippen LogP contribution is 2.33. The number of hydrogen-bond donors (Lipinski definition) is 2. The number of aliphatic hydroxyl groups is 1. The number of carbonyl (C=O) groups is 1. The summed E-state index contributed by atoms with van der Waals surface area (Å²) in [7, 11) is 0. The molecule has 0 radical (unpaired) electrons. The van der Waals surface area contributed by atoms with Crippen LogP contribution in [0.25, 0.3) is 0 Å². The van der Waals surface area contributed by atoms with E-state index in [0.717, 1.165) is 12.1 Å². The van der Waals surface area contributed by atoms with Crippen LogP contribution in [0.3, 0.4) is 0 Å². The van der Waals surface area contributed by atoms with E-state index in [1.165, 1.54) is 6.07 Å². The second-order valence-electron chi connectivity index (χ2n) is 4.19. The van der Waals surface area contributed by atoms with Gasteiger partial charge in [-0.2, -0.15) is 13.2 Å². The first-order chi connectivity index (χ1) is 8.75. The molecule has 3 nitrogen and oxygen atoms in total. The van der Waals surface area contributed by atoms with Crippen LogP contribution in [0.15, 0.2) is 22.7 Å². The lowest BCUT2D eigenvalue weighted by atomic mass is 10.1. The van der Waals surface area contributed by atoms with Crippen LogP contribution in [0.2, 0.25) is 0 Å². The number of aliphatic hydroxyl groups excluding tert-OH is 1. The number of nitrogens with one attached hydrogen (secondary N) is 1. The standard InChI is InChI=1S/C12H13BrF3NO2/c1-7(6-18)5-17-11(19)9-3-2-8(13)4-10(9)12(14,15)16/h2-4,7,18H,5-6H2,1H3,(H,17,19). The van der Waals surface area contributed by atoms with E-state index >= 15 is 0 Å². The molecule has 0 fully saturated rings. The van der Waals surface area contributed by atoms with Gasteiger partial charge in [-0.1, -0.05) is 22.9 Å². The number of benzene rings is 1. The van der Waals surface area contributed by atoms with Crippen LogP contribution in [-0.2, 0) is 6.18 Å². The van der Waals surface area contributed by atoms with E-state index in [9.17, 15) is 18.0 Å². The van der Waals surface area contributed by atoms with Crippen molar-refractivity contribution in [1.82, 2.24) is 5.32 Å². The molecule has 0 saturated heterocycles. The molecule has 0 spiro atoms. The van der Waals surface area contributed by atoms with E-state index in [0.29, 0.717) is 0 Å². The Morgan fingerprint density at radius 3 is 2.63 bits per heavy atom. The molecule has 1 unspecified atom stereocenters. The summed E-state index contributed by atoms with van der Waals surface area (Å²) in [5.74, 6) is -1.02. The molecule has 0 saturated carbocycles. The highest BCUT2D eigenvalue weighted by molar-refractivity contribution is 9.10. The van der Waals surface area contributed by atoms with Gasteiger partial charge < -0.3 is 10.4 Å². The summed E-state index contributed by atoms with van der Waals surface area (Å²) in [5.41, 5.74) is -1.42. The molecule has 0 aliphatic carbocycles. The summed E-state index contributed by atoms with van der Waals surface area (Å²) in [5, 5.41) is 11.2. The molecule has 106 valence electrons. The predicted octanol–water partition coefficient (Wildman–Crippen LogP) is 2.83. The van der Waals surface area contributed by atoms with Gasteiger partial charge in [0.05, 0.1) is 11.1 Å². The Morgan fingerprint density at radius 2 is 2.11 bits per heavy atom. The lowest BCUT2D eigenvalue weighted by Crippen LogP contribution is -2.31. The van der Waals surface area contributed by atoms with Crippen molar-refractivity contribution in [3.8, 4) is 0 Å². The minimum absolute atomic E-state index is 0.114. The molecule has 0 aliphatic heterocycles. The summed E-state index contributed by atoms with van der Waals surface area (Å²) in [6.07, 6.45) is -4.60. The molecule has 0 heterocycles. The fourth-order valence-corrected chi connectivity index (χ4v) is 1.74. The van der Waals surface area contributed by atoms with Gasteiger partial charge in [-0.15, -0.1) is 0 Å². The Bertz CT molecular complexity index is 463. The van der Waals surface area contributed by atoms with Crippen LogP contribution >= 0.6 is 15.9 Å². The normalized spacial score (nSPS) is 13.2. The van der Waals surface area contributed by atoms with Crippen LogP contribution in [-0.4, -0.2) is 24.2 Å². The zero-order valence-electron chi connectivity index (χ0n) is 10.1. The van der Waals surface area contributed by atoms with Crippen LogP contribution in [0.5, 0.6) is 0 Å². The number of carbonyl (C=O) groups excluding carboxylic acids is 1. The van der Waals surface area contributed by atoms with Gasteiger partial charge in [0.2, 0.25) is 0 Å². The number of rotatable bonds is 4. The van der Waals surface area contributed by atoms with E-state index in [1.54, 1.807) is 6.92 Å². The summed E-state index contributed by atoms with van der Waals surface area (Å²) in [4.78, 5) is 11.7. The second-order valence-corrected chi connectivity index (χ2v) is 5.10. The topological polar surface area (TPSA) is 49.3 Å². The van der Waals surface area contributed by atoms with Gasteiger partial charge >= 0.3 is 6.18 Å². The average Bonchev–Trinajstić information content (AvgIpc) is 2.34. The third-order valence-electron chi connectivity index (χ3n) is 2.45. The molecule has 1 aromatic rings. The van der Waals surface area contributed by atoms with Crippen molar-refractivity contribution < 1.29 is 23.1 Å². The van der Waals surface area contributed by atoms with E-state index < -0.39 is 23.2 Å². The summed E-state index contributed by atoms with van der Waals surface area (Å²) in [6.45, 7) is 1.64. The summed E-state index contributed by atoms with van der Waals surface area (Å²) >= 11 is 2.95. The largest absolute Gasteiger partial charge is 0.417 e. The van der Waals surface area contributed by atoms with E-state index in [2.05, 4.69) is 21.2 Å². The third-order valence-corrected chi connectivity index (χ3v) is 2.95. The quantitative estimate of drug-likeness (QED) is 0.886. The Morgan fingerprint density at radius 1 is 1.47 bits per heavy atom. The fourth-order valence-electron chi connectivity index (χ4n) is 1.38. The molecule has 1 amide bonds. The molecule has 1 atom stereocenters. The van der Waals surface area contributed by atoms with Crippen molar-refractivity contribution in [2.45, 2.75) is 13.1 Å². The maximum Gasteiger partial charge on any atom is 0.417 e. The Kier molecular flexibility index (Phi) is 5.37. The van der Waals surface area contributed by atoms with Crippen LogP contribution in [0.4, 0.5) is 13.2 Å². The summed E-state index contributed by atoms with van der Waals surface area (Å²) in [6, 6.07) is 3.36. The van der Waals surface area contributed by atoms with Crippen molar-refractivity contribution in [3.63, 3.8) is 0 Å². The van der Waals surface area contributed by atoms with Gasteiger partial charge in [0.25, 0.3) is 5.91 Å². The molecule has 2 N–H and O–H groups in total. The van der Waals surface area contributed by atoms with Crippen molar-refractivity contribution in [1.29, 1.82) is 0 Å². The number of halogens is 4. The monoisotopic (exact) mass is 339 g/mol. The average molecular weight is 340 g/mol. The van der Waals surface area contributed by atoms with Gasteiger partial charge in [-0.05, 0) is 24.1 Å². The number of alkyl halides is 3. The first-order valence-corrected chi connectivity index (χ1v) is 6.30. The summed E-state index contributed by atoms with van der Waals surface area (Å²) < 4.78 is 38.7. The van der Waals surface area contributed by atoms with Gasteiger partial charge in [0.1, 0.15) is 0 Å². The van der Waals surface area contributed by atoms with Gasteiger partial charge in [-0.25, -0.2) is 0 Å². The molecule has 7 heteroatoms. The molecular formula is C12H13BrF3NO2. The SMILES string of the molecule is CC(CO)CNC(=O)c1ccc(Br)cc1C(F)(F)F. The van der Waals surface area contributed by atoms with Gasteiger partial charge in [0.15, 0.2) is 0 Å². The maximum atomic E-state index is 12.8. The smallest absolute Gasteiger partial charge is 0.396 e. The lowest BCUT2D eigenvalue weighted by molar-refractivity contribution is -0.138. The van der Waals surface area contributed by atoms with Crippen LogP contribution in [0.1, 0.15) is 22.8 Å². The third kappa shape index (κ3) is 4.50. The Labute approximate surface area is 116 Å². The van der Waals surface area contributed by atoms with Crippen molar-refractivity contribution in [2.75, 3.05) is 13.2 Å². The molecular weight excluding hydrogens is 327 g/mol. The molecule has 0 aliphatic rings.